The monoisotopic (exact) mass is 492 g/mol. The van der Waals surface area contributed by atoms with Crippen molar-refractivity contribution in [3.8, 4) is 5.75 Å². The molecule has 0 aliphatic heterocycles. The lowest BCUT2D eigenvalue weighted by atomic mass is 10.2. The number of sulfonamides is 1. The molecule has 0 saturated heterocycles. The number of nitrogens with zero attached hydrogens (tertiary/aromatic N) is 1. The Morgan fingerprint density at radius 2 is 2.00 bits per heavy atom. The molecule has 0 spiro atoms. The summed E-state index contributed by atoms with van der Waals surface area (Å²) in [6.45, 7) is 0.0672. The number of benzene rings is 2. The van der Waals surface area contributed by atoms with Gasteiger partial charge in [0.15, 0.2) is 0 Å². The number of rotatable bonds is 8. The third-order valence-corrected chi connectivity index (χ3v) is 5.78. The van der Waals surface area contributed by atoms with Crippen LogP contribution in [0.4, 0.5) is 15.8 Å². The van der Waals surface area contributed by atoms with Crippen molar-refractivity contribution in [2.75, 3.05) is 29.5 Å². The third kappa shape index (κ3) is 6.08. The van der Waals surface area contributed by atoms with Crippen molar-refractivity contribution in [1.82, 2.24) is 0 Å². The number of anilines is 2. The van der Waals surface area contributed by atoms with Gasteiger partial charge in [0.25, 0.3) is 0 Å². The summed E-state index contributed by atoms with van der Waals surface area (Å²) in [7, 11) is -2.13. The predicted molar refractivity (Wildman–Crippen MR) is 112 cm³/mol. The number of nitrogens with one attached hydrogen (secondary N) is 1. The largest absolute Gasteiger partial charge is 0.495 e. The number of methoxy groups -OCH3 is 1. The number of hydrogen-bond acceptors (Lipinski definition) is 4. The first-order chi connectivity index (χ1) is 13.1. The summed E-state index contributed by atoms with van der Waals surface area (Å²) in [6.07, 6.45) is 1.33. The third-order valence-electron chi connectivity index (χ3n) is 3.79. The Morgan fingerprint density at radius 3 is 2.57 bits per heavy atom. The summed E-state index contributed by atoms with van der Waals surface area (Å²) in [6, 6.07) is 8.92. The highest BCUT2D eigenvalue weighted by Crippen LogP contribution is 2.30. The fourth-order valence-corrected chi connectivity index (χ4v) is 4.03. The van der Waals surface area contributed by atoms with Gasteiger partial charge in [0.05, 0.1) is 29.8 Å². The normalized spacial score (nSPS) is 11.2. The van der Waals surface area contributed by atoms with Gasteiger partial charge in [0.1, 0.15) is 11.6 Å². The molecule has 10 heteroatoms. The van der Waals surface area contributed by atoms with E-state index in [0.29, 0.717) is 15.9 Å². The number of amides is 1. The van der Waals surface area contributed by atoms with Crippen LogP contribution in [0.15, 0.2) is 40.9 Å². The minimum absolute atomic E-state index is 0.0193. The number of halogens is 3. The lowest BCUT2D eigenvalue weighted by molar-refractivity contribution is -0.116. The first-order valence-electron chi connectivity index (χ1n) is 8.18. The topological polar surface area (TPSA) is 75.7 Å². The summed E-state index contributed by atoms with van der Waals surface area (Å²) in [4.78, 5) is 12.1. The van der Waals surface area contributed by atoms with E-state index in [1.54, 1.807) is 18.2 Å². The average molecular weight is 494 g/mol. The number of ether oxygens (including phenoxy) is 1. The van der Waals surface area contributed by atoms with Crippen molar-refractivity contribution >= 4 is 54.8 Å². The Morgan fingerprint density at radius 1 is 1.29 bits per heavy atom. The van der Waals surface area contributed by atoms with Gasteiger partial charge in [-0.2, -0.15) is 0 Å². The standard InChI is InChI=1S/C18H19BrClFN2O4S/c1-27-17-8-6-13(11-14(17)20)23(28(2,25)26)9-3-4-18(24)22-16-7-5-12(19)10-15(16)21/h5-8,10-11H,3-4,9H2,1-2H3,(H,22,24). The van der Waals surface area contributed by atoms with Crippen LogP contribution in [0.1, 0.15) is 12.8 Å². The van der Waals surface area contributed by atoms with Crippen molar-refractivity contribution in [1.29, 1.82) is 0 Å². The predicted octanol–water partition coefficient (Wildman–Crippen LogP) is 4.44. The number of hydrogen-bond donors (Lipinski definition) is 1. The molecule has 0 bridgehead atoms. The van der Waals surface area contributed by atoms with Crippen LogP contribution in [0, 0.1) is 5.82 Å². The van der Waals surface area contributed by atoms with Gasteiger partial charge in [0, 0.05) is 17.4 Å². The Balaban J connectivity index is 2.02. The zero-order valence-corrected chi connectivity index (χ0v) is 18.4. The smallest absolute Gasteiger partial charge is 0.232 e. The van der Waals surface area contributed by atoms with Crippen LogP contribution in [0.5, 0.6) is 5.75 Å². The van der Waals surface area contributed by atoms with Gasteiger partial charge in [-0.15, -0.1) is 0 Å². The molecule has 2 aromatic carbocycles. The quantitative estimate of drug-likeness (QED) is 0.590. The summed E-state index contributed by atoms with van der Waals surface area (Å²) < 4.78 is 44.8. The first-order valence-corrected chi connectivity index (χ1v) is 11.2. The molecule has 0 radical (unpaired) electrons. The molecule has 1 amide bonds. The van der Waals surface area contributed by atoms with Gasteiger partial charge in [-0.1, -0.05) is 27.5 Å². The molecule has 0 unspecified atom stereocenters. The van der Waals surface area contributed by atoms with Crippen LogP contribution in [0.2, 0.25) is 5.02 Å². The van der Waals surface area contributed by atoms with E-state index in [9.17, 15) is 17.6 Å². The molecule has 0 aliphatic carbocycles. The Hall–Kier alpha value is -1.84. The van der Waals surface area contributed by atoms with E-state index in [-0.39, 0.29) is 30.1 Å². The molecule has 152 valence electrons. The summed E-state index contributed by atoms with van der Waals surface area (Å²) in [5.41, 5.74) is 0.433. The molecule has 0 saturated carbocycles. The molecule has 28 heavy (non-hydrogen) atoms. The Bertz CT molecular complexity index is 972. The highest BCUT2D eigenvalue weighted by Gasteiger charge is 2.19. The molecular weight excluding hydrogens is 475 g/mol. The van der Waals surface area contributed by atoms with Crippen LogP contribution in [0.25, 0.3) is 0 Å². The van der Waals surface area contributed by atoms with E-state index in [0.717, 1.165) is 10.6 Å². The van der Waals surface area contributed by atoms with Crippen LogP contribution in [-0.2, 0) is 14.8 Å². The molecule has 0 fully saturated rings. The first kappa shape index (κ1) is 22.4. The van der Waals surface area contributed by atoms with Crippen molar-refractivity contribution in [3.63, 3.8) is 0 Å². The minimum atomic E-state index is -3.59. The molecule has 0 heterocycles. The van der Waals surface area contributed by atoms with Crippen LogP contribution in [0.3, 0.4) is 0 Å². The lowest BCUT2D eigenvalue weighted by Crippen LogP contribution is -2.31. The van der Waals surface area contributed by atoms with Crippen molar-refractivity contribution < 1.29 is 22.3 Å². The summed E-state index contributed by atoms with van der Waals surface area (Å²) in [5.74, 6) is -0.550. The van der Waals surface area contributed by atoms with Gasteiger partial charge in [0.2, 0.25) is 15.9 Å². The zero-order chi connectivity index (χ0) is 20.9. The Labute approximate surface area is 176 Å². The molecule has 6 nitrogen and oxygen atoms in total. The zero-order valence-electron chi connectivity index (χ0n) is 15.2. The van der Waals surface area contributed by atoms with E-state index < -0.39 is 21.7 Å². The Kier molecular flexibility index (Phi) is 7.68. The number of carbonyl (C=O) groups excluding carboxylic acids is 1. The van der Waals surface area contributed by atoms with Crippen LogP contribution in [-0.4, -0.2) is 34.2 Å². The summed E-state index contributed by atoms with van der Waals surface area (Å²) >= 11 is 9.22. The number of carbonyl (C=O) groups is 1. The van der Waals surface area contributed by atoms with E-state index in [1.165, 1.54) is 25.3 Å². The molecule has 2 rings (SSSR count). The van der Waals surface area contributed by atoms with E-state index in [4.69, 9.17) is 16.3 Å². The highest BCUT2D eigenvalue weighted by molar-refractivity contribution is 9.10. The molecule has 1 N–H and O–H groups in total. The SMILES string of the molecule is COc1ccc(N(CCCC(=O)Nc2ccc(Br)cc2F)S(C)(=O)=O)cc1Cl. The minimum Gasteiger partial charge on any atom is -0.495 e. The van der Waals surface area contributed by atoms with Crippen molar-refractivity contribution in [2.24, 2.45) is 0 Å². The fourth-order valence-electron chi connectivity index (χ4n) is 2.48. The van der Waals surface area contributed by atoms with Crippen molar-refractivity contribution in [3.05, 3.63) is 51.7 Å². The second-order valence-corrected chi connectivity index (χ2v) is 9.16. The molecule has 0 aromatic heterocycles. The molecule has 0 atom stereocenters. The molecule has 0 aliphatic rings. The van der Waals surface area contributed by atoms with Gasteiger partial charge in [-0.05, 0) is 42.8 Å². The average Bonchev–Trinajstić information content (AvgIpc) is 2.60. The van der Waals surface area contributed by atoms with E-state index >= 15 is 0 Å². The van der Waals surface area contributed by atoms with Crippen LogP contribution < -0.4 is 14.4 Å². The van der Waals surface area contributed by atoms with E-state index in [1.807, 2.05) is 0 Å². The second-order valence-electron chi connectivity index (χ2n) is 5.93. The lowest BCUT2D eigenvalue weighted by Gasteiger charge is -2.23. The molecule has 2 aromatic rings. The second kappa shape index (κ2) is 9.58. The van der Waals surface area contributed by atoms with Gasteiger partial charge in [-0.3, -0.25) is 9.10 Å². The maximum absolute atomic E-state index is 13.8. The van der Waals surface area contributed by atoms with Crippen LogP contribution >= 0.6 is 27.5 Å². The molecular formula is C18H19BrClFN2O4S. The highest BCUT2D eigenvalue weighted by atomic mass is 79.9. The maximum Gasteiger partial charge on any atom is 0.232 e. The fraction of sp³-hybridized carbons (Fsp3) is 0.278. The van der Waals surface area contributed by atoms with E-state index in [2.05, 4.69) is 21.2 Å². The summed E-state index contributed by atoms with van der Waals surface area (Å²) in [5, 5.41) is 2.75. The maximum atomic E-state index is 13.8. The van der Waals surface area contributed by atoms with Crippen molar-refractivity contribution in [2.45, 2.75) is 12.8 Å². The van der Waals surface area contributed by atoms with Gasteiger partial charge in [-0.25, -0.2) is 12.8 Å². The van der Waals surface area contributed by atoms with Gasteiger partial charge >= 0.3 is 0 Å². The van der Waals surface area contributed by atoms with Gasteiger partial charge < -0.3 is 10.1 Å².